The molecule has 0 bridgehead atoms. The van der Waals surface area contributed by atoms with Crippen LogP contribution in [0.3, 0.4) is 0 Å². The van der Waals surface area contributed by atoms with Gasteiger partial charge in [-0.1, -0.05) is 29.8 Å². The number of rotatable bonds is 5. The Bertz CT molecular complexity index is 996. The largest absolute Gasteiger partial charge is 0.356 e. The summed E-state index contributed by atoms with van der Waals surface area (Å²) in [5, 5.41) is 3.06. The predicted octanol–water partition coefficient (Wildman–Crippen LogP) is 4.12. The van der Waals surface area contributed by atoms with E-state index < -0.39 is 0 Å². The smallest absolute Gasteiger partial charge is 0.223 e. The highest BCUT2D eigenvalue weighted by molar-refractivity contribution is 5.79. The second-order valence-electron chi connectivity index (χ2n) is 7.71. The lowest BCUT2D eigenvalue weighted by molar-refractivity contribution is -0.125. The van der Waals surface area contributed by atoms with Crippen molar-refractivity contribution >= 4 is 11.7 Å². The molecule has 6 heteroatoms. The number of hydrogen-bond acceptors (Lipinski definition) is 4. The Balaban J connectivity index is 1.33. The average Bonchev–Trinajstić information content (AvgIpc) is 2.79. The fourth-order valence-electron chi connectivity index (χ4n) is 3.67. The van der Waals surface area contributed by atoms with Crippen LogP contribution in [-0.4, -0.2) is 29.0 Å². The first-order chi connectivity index (χ1) is 14.6. The molecule has 0 radical (unpaired) electrons. The van der Waals surface area contributed by atoms with E-state index in [0.717, 1.165) is 42.9 Å². The molecule has 3 aromatic rings. The topological polar surface area (TPSA) is 58.1 Å². The highest BCUT2D eigenvalue weighted by Gasteiger charge is 2.25. The summed E-state index contributed by atoms with van der Waals surface area (Å²) in [6, 6.07) is 16.3. The molecule has 1 amide bonds. The lowest BCUT2D eigenvalue weighted by atomic mass is 9.96. The van der Waals surface area contributed by atoms with E-state index in [2.05, 4.69) is 39.2 Å². The second kappa shape index (κ2) is 9.03. The van der Waals surface area contributed by atoms with Gasteiger partial charge in [-0.25, -0.2) is 14.4 Å². The van der Waals surface area contributed by atoms with Crippen LogP contribution in [0.2, 0.25) is 0 Å². The number of halogens is 1. The van der Waals surface area contributed by atoms with E-state index in [4.69, 9.17) is 0 Å². The summed E-state index contributed by atoms with van der Waals surface area (Å²) in [5.41, 5.74) is 3.11. The Morgan fingerprint density at radius 1 is 1.07 bits per heavy atom. The quantitative estimate of drug-likeness (QED) is 0.695. The van der Waals surface area contributed by atoms with E-state index in [1.54, 1.807) is 18.3 Å². The Labute approximate surface area is 176 Å². The minimum atomic E-state index is -0.280. The Kier molecular flexibility index (Phi) is 6.02. The third-order valence-corrected chi connectivity index (χ3v) is 5.52. The van der Waals surface area contributed by atoms with Gasteiger partial charge in [0.25, 0.3) is 0 Å². The summed E-state index contributed by atoms with van der Waals surface area (Å²) in [6.07, 6.45) is 3.30. The number of nitrogens with one attached hydrogen (secondary N) is 1. The van der Waals surface area contributed by atoms with Crippen LogP contribution in [0.4, 0.5) is 10.2 Å². The van der Waals surface area contributed by atoms with Crippen molar-refractivity contribution in [1.29, 1.82) is 0 Å². The summed E-state index contributed by atoms with van der Waals surface area (Å²) in [6.45, 7) is 4.15. The second-order valence-corrected chi connectivity index (χ2v) is 7.71. The third-order valence-electron chi connectivity index (χ3n) is 5.52. The minimum Gasteiger partial charge on any atom is -0.356 e. The van der Waals surface area contributed by atoms with Crippen molar-refractivity contribution in [3.63, 3.8) is 0 Å². The van der Waals surface area contributed by atoms with E-state index in [9.17, 15) is 9.18 Å². The molecule has 0 saturated carbocycles. The summed E-state index contributed by atoms with van der Waals surface area (Å²) in [5.74, 6) is 1.26. The number of amides is 1. The number of aryl methyl sites for hydroxylation is 1. The zero-order chi connectivity index (χ0) is 20.9. The van der Waals surface area contributed by atoms with Crippen LogP contribution in [0.25, 0.3) is 11.4 Å². The van der Waals surface area contributed by atoms with Crippen molar-refractivity contribution in [3.8, 4) is 11.4 Å². The maximum Gasteiger partial charge on any atom is 0.223 e. The Morgan fingerprint density at radius 3 is 2.47 bits per heavy atom. The van der Waals surface area contributed by atoms with Gasteiger partial charge in [-0.05, 0) is 55.7 Å². The number of carbonyl (C=O) groups excluding carboxylic acids is 1. The first kappa shape index (κ1) is 20.0. The average molecular weight is 404 g/mol. The van der Waals surface area contributed by atoms with Crippen molar-refractivity contribution < 1.29 is 9.18 Å². The molecular weight excluding hydrogens is 379 g/mol. The van der Waals surface area contributed by atoms with Crippen LogP contribution < -0.4 is 10.2 Å². The Hall–Kier alpha value is -3.28. The van der Waals surface area contributed by atoms with Gasteiger partial charge in [0.05, 0.1) is 0 Å². The molecule has 0 aliphatic carbocycles. The van der Waals surface area contributed by atoms with Gasteiger partial charge < -0.3 is 10.2 Å². The molecule has 2 aromatic carbocycles. The van der Waals surface area contributed by atoms with Crippen LogP contribution in [0, 0.1) is 18.7 Å². The van der Waals surface area contributed by atoms with E-state index in [1.807, 2.05) is 18.2 Å². The fraction of sp³-hybridized carbons (Fsp3) is 0.292. The van der Waals surface area contributed by atoms with Crippen molar-refractivity contribution in [2.75, 3.05) is 18.0 Å². The zero-order valence-electron chi connectivity index (χ0n) is 17.0. The van der Waals surface area contributed by atoms with Gasteiger partial charge in [0, 0.05) is 37.3 Å². The normalized spacial score (nSPS) is 14.5. The van der Waals surface area contributed by atoms with Crippen LogP contribution in [0.5, 0.6) is 0 Å². The first-order valence-electron chi connectivity index (χ1n) is 10.3. The van der Waals surface area contributed by atoms with Crippen molar-refractivity contribution in [2.45, 2.75) is 26.3 Å². The van der Waals surface area contributed by atoms with Gasteiger partial charge in [0.15, 0.2) is 5.82 Å². The molecule has 0 atom stereocenters. The Morgan fingerprint density at radius 2 is 1.77 bits per heavy atom. The highest BCUT2D eigenvalue weighted by atomic mass is 19.1. The van der Waals surface area contributed by atoms with Crippen LogP contribution >= 0.6 is 0 Å². The fourth-order valence-corrected chi connectivity index (χ4v) is 3.67. The molecular formula is C24H25FN4O. The lowest BCUT2D eigenvalue weighted by Crippen LogP contribution is -2.40. The summed E-state index contributed by atoms with van der Waals surface area (Å²) in [7, 11) is 0. The highest BCUT2D eigenvalue weighted by Crippen LogP contribution is 2.24. The molecule has 1 fully saturated rings. The SMILES string of the molecule is Cc1ccc(CNC(=O)C2CCN(c3ccnc(-c4ccc(F)cc4)n3)CC2)cc1. The van der Waals surface area contributed by atoms with Crippen LogP contribution in [0.1, 0.15) is 24.0 Å². The van der Waals surface area contributed by atoms with Gasteiger partial charge in [-0.2, -0.15) is 0 Å². The zero-order valence-corrected chi connectivity index (χ0v) is 17.0. The molecule has 0 spiro atoms. The van der Waals surface area contributed by atoms with E-state index in [-0.39, 0.29) is 17.6 Å². The van der Waals surface area contributed by atoms with E-state index >= 15 is 0 Å². The molecule has 1 aromatic heterocycles. The first-order valence-corrected chi connectivity index (χ1v) is 10.3. The maximum absolute atomic E-state index is 13.2. The van der Waals surface area contributed by atoms with Gasteiger partial charge >= 0.3 is 0 Å². The van der Waals surface area contributed by atoms with Gasteiger partial charge in [-0.3, -0.25) is 4.79 Å². The molecule has 1 aliphatic heterocycles. The van der Waals surface area contributed by atoms with Crippen molar-refractivity contribution in [2.24, 2.45) is 5.92 Å². The molecule has 4 rings (SSSR count). The summed E-state index contributed by atoms with van der Waals surface area (Å²) < 4.78 is 13.2. The number of aromatic nitrogens is 2. The van der Waals surface area contributed by atoms with Crippen molar-refractivity contribution in [3.05, 3.63) is 77.7 Å². The van der Waals surface area contributed by atoms with Gasteiger partial charge in [-0.15, -0.1) is 0 Å². The number of anilines is 1. The monoisotopic (exact) mass is 404 g/mol. The number of hydrogen-bond donors (Lipinski definition) is 1. The molecule has 154 valence electrons. The lowest BCUT2D eigenvalue weighted by Gasteiger charge is -2.32. The van der Waals surface area contributed by atoms with E-state index in [1.165, 1.54) is 17.7 Å². The minimum absolute atomic E-state index is 0.0186. The molecule has 1 aliphatic rings. The number of carbonyl (C=O) groups is 1. The van der Waals surface area contributed by atoms with Crippen LogP contribution in [0.15, 0.2) is 60.8 Å². The number of benzene rings is 2. The summed E-state index contributed by atoms with van der Waals surface area (Å²) >= 11 is 0. The number of piperidine rings is 1. The number of nitrogens with zero attached hydrogens (tertiary/aromatic N) is 3. The molecule has 1 saturated heterocycles. The molecule has 5 nitrogen and oxygen atoms in total. The third kappa shape index (κ3) is 4.82. The molecule has 1 N–H and O–H groups in total. The molecule has 0 unspecified atom stereocenters. The molecule has 30 heavy (non-hydrogen) atoms. The maximum atomic E-state index is 13.2. The standard InChI is InChI=1S/C24H25FN4O/c1-17-2-4-18(5-3-17)16-27-24(30)20-11-14-29(15-12-20)22-10-13-26-23(28-22)19-6-8-21(25)9-7-19/h2-10,13,20H,11-12,14-16H2,1H3,(H,27,30). The van der Waals surface area contributed by atoms with Gasteiger partial charge in [0.2, 0.25) is 5.91 Å². The van der Waals surface area contributed by atoms with Crippen molar-refractivity contribution in [1.82, 2.24) is 15.3 Å². The van der Waals surface area contributed by atoms with Gasteiger partial charge in [0.1, 0.15) is 11.6 Å². The van der Waals surface area contributed by atoms with E-state index in [0.29, 0.717) is 12.4 Å². The molecule has 2 heterocycles. The summed E-state index contributed by atoms with van der Waals surface area (Å²) in [4.78, 5) is 23.7. The predicted molar refractivity (Wildman–Crippen MR) is 115 cm³/mol. The van der Waals surface area contributed by atoms with Crippen LogP contribution in [-0.2, 0) is 11.3 Å².